The maximum Gasteiger partial charge on any atom is 0.269 e. The van der Waals surface area contributed by atoms with Crippen molar-refractivity contribution in [3.05, 3.63) is 87.3 Å². The Balaban J connectivity index is 0.000000269. The topological polar surface area (TPSA) is 75.4 Å². The van der Waals surface area contributed by atoms with Crippen LogP contribution in [0, 0.1) is 24.0 Å². The molecular formula is C22H24ClN5O2. The molecule has 3 aromatic rings. The number of hydrogen-bond acceptors (Lipinski definition) is 6. The highest BCUT2D eigenvalue weighted by molar-refractivity contribution is 6.29. The van der Waals surface area contributed by atoms with Gasteiger partial charge in [-0.05, 0) is 49.2 Å². The van der Waals surface area contributed by atoms with Gasteiger partial charge in [-0.1, -0.05) is 23.7 Å². The van der Waals surface area contributed by atoms with Crippen LogP contribution in [0.4, 0.5) is 17.2 Å². The third-order valence-electron chi connectivity index (χ3n) is 4.80. The van der Waals surface area contributed by atoms with Crippen LogP contribution in [0.5, 0.6) is 0 Å². The normalized spacial score (nSPS) is 13.4. The van der Waals surface area contributed by atoms with Crippen LogP contribution in [-0.4, -0.2) is 41.1 Å². The first-order valence-electron chi connectivity index (χ1n) is 9.67. The summed E-state index contributed by atoms with van der Waals surface area (Å²) in [4.78, 5) is 23.1. The summed E-state index contributed by atoms with van der Waals surface area (Å²) in [6.07, 6.45) is 3.63. The Morgan fingerprint density at radius 3 is 1.87 bits per heavy atom. The number of nitro groups is 1. The predicted octanol–water partition coefficient (Wildman–Crippen LogP) is 4.67. The zero-order valence-electron chi connectivity index (χ0n) is 17.0. The number of hydrogen-bond donors (Lipinski definition) is 0. The average molecular weight is 426 g/mol. The van der Waals surface area contributed by atoms with Gasteiger partial charge in [0.2, 0.25) is 0 Å². The Hall–Kier alpha value is -3.19. The van der Waals surface area contributed by atoms with E-state index in [1.807, 2.05) is 38.2 Å². The minimum Gasteiger partial charge on any atom is -0.368 e. The van der Waals surface area contributed by atoms with Gasteiger partial charge in [0.1, 0.15) is 11.0 Å². The van der Waals surface area contributed by atoms with Crippen molar-refractivity contribution in [2.45, 2.75) is 13.8 Å². The lowest BCUT2D eigenvalue weighted by atomic mass is 10.2. The number of halogens is 1. The highest BCUT2D eigenvalue weighted by atomic mass is 35.5. The van der Waals surface area contributed by atoms with E-state index in [0.29, 0.717) is 5.15 Å². The monoisotopic (exact) mass is 425 g/mol. The molecule has 30 heavy (non-hydrogen) atoms. The van der Waals surface area contributed by atoms with Crippen LogP contribution >= 0.6 is 11.6 Å². The standard InChI is InChI=1S/C16H18N4O2.C6H6ClN/c1-13-2-7-16(17-12-13)19-10-8-18(9-11-19)14-3-5-15(6-4-14)20(21)22;1-5-2-3-6(7)8-4-5/h2-7,12H,8-11H2,1H3;2-4H,1H3. The Kier molecular flexibility index (Phi) is 7.19. The van der Waals surface area contributed by atoms with Crippen molar-refractivity contribution in [1.82, 2.24) is 9.97 Å². The fourth-order valence-corrected chi connectivity index (χ4v) is 3.19. The average Bonchev–Trinajstić information content (AvgIpc) is 2.77. The molecule has 1 aliphatic rings. The Labute approximate surface area is 181 Å². The van der Waals surface area contributed by atoms with E-state index in [0.717, 1.165) is 48.8 Å². The number of non-ortho nitro benzene ring substituents is 1. The minimum absolute atomic E-state index is 0.131. The van der Waals surface area contributed by atoms with Crippen molar-refractivity contribution < 1.29 is 4.92 Å². The fraction of sp³-hybridized carbons (Fsp3) is 0.273. The minimum atomic E-state index is -0.370. The van der Waals surface area contributed by atoms with Gasteiger partial charge in [-0.15, -0.1) is 0 Å². The first kappa shape index (κ1) is 21.5. The second-order valence-electron chi connectivity index (χ2n) is 7.10. The number of rotatable bonds is 3. The number of piperazine rings is 1. The summed E-state index contributed by atoms with van der Waals surface area (Å²) in [5, 5.41) is 11.2. The first-order valence-corrected chi connectivity index (χ1v) is 10.1. The molecule has 3 heterocycles. The number of nitro benzene ring substituents is 1. The fourth-order valence-electron chi connectivity index (χ4n) is 3.08. The zero-order valence-corrected chi connectivity index (χ0v) is 17.8. The van der Waals surface area contributed by atoms with Crippen molar-refractivity contribution in [2.75, 3.05) is 36.0 Å². The quantitative estimate of drug-likeness (QED) is 0.345. The first-order chi connectivity index (χ1) is 14.4. The van der Waals surface area contributed by atoms with Crippen molar-refractivity contribution in [3.63, 3.8) is 0 Å². The van der Waals surface area contributed by atoms with Crippen LogP contribution in [0.3, 0.4) is 0 Å². The van der Waals surface area contributed by atoms with Gasteiger partial charge in [0.15, 0.2) is 0 Å². The van der Waals surface area contributed by atoms with Crippen molar-refractivity contribution in [3.8, 4) is 0 Å². The van der Waals surface area contributed by atoms with Crippen molar-refractivity contribution in [2.24, 2.45) is 0 Å². The summed E-state index contributed by atoms with van der Waals surface area (Å²) >= 11 is 5.50. The SMILES string of the molecule is Cc1ccc(Cl)nc1.Cc1ccc(N2CCN(c3ccc([N+](=O)[O-])cc3)CC2)nc1. The number of anilines is 2. The molecule has 1 aromatic carbocycles. The largest absolute Gasteiger partial charge is 0.368 e. The summed E-state index contributed by atoms with van der Waals surface area (Å²) in [6.45, 7) is 7.56. The summed E-state index contributed by atoms with van der Waals surface area (Å²) in [5.41, 5.74) is 3.45. The van der Waals surface area contributed by atoms with Crippen LogP contribution in [0.1, 0.15) is 11.1 Å². The van der Waals surface area contributed by atoms with E-state index in [-0.39, 0.29) is 10.6 Å². The molecule has 0 unspecified atom stereocenters. The van der Waals surface area contributed by atoms with Gasteiger partial charge < -0.3 is 9.80 Å². The van der Waals surface area contributed by atoms with Crippen molar-refractivity contribution >= 4 is 28.8 Å². The number of benzene rings is 1. The van der Waals surface area contributed by atoms with Crippen molar-refractivity contribution in [1.29, 1.82) is 0 Å². The summed E-state index contributed by atoms with van der Waals surface area (Å²) in [5.74, 6) is 1.01. The highest BCUT2D eigenvalue weighted by Gasteiger charge is 2.18. The predicted molar refractivity (Wildman–Crippen MR) is 120 cm³/mol. The summed E-state index contributed by atoms with van der Waals surface area (Å²) in [7, 11) is 0. The summed E-state index contributed by atoms with van der Waals surface area (Å²) in [6, 6.07) is 14.6. The lowest BCUT2D eigenvalue weighted by Gasteiger charge is -2.36. The second-order valence-corrected chi connectivity index (χ2v) is 7.49. The molecule has 7 nitrogen and oxygen atoms in total. The van der Waals surface area contributed by atoms with Gasteiger partial charge in [0.25, 0.3) is 5.69 Å². The molecular weight excluding hydrogens is 402 g/mol. The van der Waals surface area contributed by atoms with Crippen LogP contribution in [0.2, 0.25) is 5.15 Å². The van der Waals surface area contributed by atoms with E-state index in [4.69, 9.17) is 11.6 Å². The second kappa shape index (κ2) is 10.0. The Morgan fingerprint density at radius 1 is 0.833 bits per heavy atom. The molecule has 8 heteroatoms. The molecule has 0 aliphatic carbocycles. The molecule has 156 valence electrons. The molecule has 4 rings (SSSR count). The van der Waals surface area contributed by atoms with Gasteiger partial charge in [-0.3, -0.25) is 10.1 Å². The van der Waals surface area contributed by atoms with Gasteiger partial charge in [-0.25, -0.2) is 9.97 Å². The van der Waals surface area contributed by atoms with E-state index in [1.165, 1.54) is 0 Å². The van der Waals surface area contributed by atoms with Gasteiger partial charge in [-0.2, -0.15) is 0 Å². The van der Waals surface area contributed by atoms with E-state index in [2.05, 4.69) is 31.9 Å². The maximum atomic E-state index is 10.7. The van der Waals surface area contributed by atoms with E-state index >= 15 is 0 Å². The molecule has 0 atom stereocenters. The van der Waals surface area contributed by atoms with Gasteiger partial charge in [0, 0.05) is 56.4 Å². The Bertz CT molecular complexity index is 933. The van der Waals surface area contributed by atoms with Crippen LogP contribution in [0.25, 0.3) is 0 Å². The van der Waals surface area contributed by atoms with Crippen LogP contribution in [-0.2, 0) is 0 Å². The number of aryl methyl sites for hydroxylation is 2. The molecule has 2 aromatic heterocycles. The van der Waals surface area contributed by atoms with Crippen LogP contribution < -0.4 is 9.80 Å². The molecule has 1 fully saturated rings. The number of nitrogens with zero attached hydrogens (tertiary/aromatic N) is 5. The molecule has 0 amide bonds. The van der Waals surface area contributed by atoms with Gasteiger partial charge in [0.05, 0.1) is 4.92 Å². The molecule has 0 spiro atoms. The third-order valence-corrected chi connectivity index (χ3v) is 5.02. The molecule has 1 aliphatic heterocycles. The Morgan fingerprint density at radius 2 is 1.40 bits per heavy atom. The maximum absolute atomic E-state index is 10.7. The van der Waals surface area contributed by atoms with E-state index < -0.39 is 0 Å². The highest BCUT2D eigenvalue weighted by Crippen LogP contribution is 2.22. The third kappa shape index (κ3) is 5.90. The molecule has 0 saturated carbocycles. The zero-order chi connectivity index (χ0) is 21.5. The number of pyridine rings is 2. The molecule has 0 radical (unpaired) electrons. The smallest absolute Gasteiger partial charge is 0.269 e. The molecule has 0 N–H and O–H groups in total. The molecule has 1 saturated heterocycles. The van der Waals surface area contributed by atoms with E-state index in [9.17, 15) is 10.1 Å². The molecule has 0 bridgehead atoms. The summed E-state index contributed by atoms with van der Waals surface area (Å²) < 4.78 is 0. The van der Waals surface area contributed by atoms with Crippen LogP contribution in [0.15, 0.2) is 60.9 Å². The lowest BCUT2D eigenvalue weighted by Crippen LogP contribution is -2.46. The van der Waals surface area contributed by atoms with Gasteiger partial charge >= 0.3 is 0 Å². The van der Waals surface area contributed by atoms with E-state index in [1.54, 1.807) is 24.4 Å². The number of aromatic nitrogens is 2. The lowest BCUT2D eigenvalue weighted by molar-refractivity contribution is -0.384.